The largest absolute Gasteiger partial charge is 0.366 e. The van der Waals surface area contributed by atoms with Gasteiger partial charge < -0.3 is 10.2 Å². The molecule has 1 aromatic rings. The predicted molar refractivity (Wildman–Crippen MR) is 88.3 cm³/mol. The summed E-state index contributed by atoms with van der Waals surface area (Å²) < 4.78 is 14.5. The van der Waals surface area contributed by atoms with Gasteiger partial charge in [0.2, 0.25) is 0 Å². The number of nitrogens with one attached hydrogen (secondary N) is 1. The molecule has 3 heteroatoms. The Morgan fingerprint density at radius 1 is 1.38 bits per heavy atom. The Morgan fingerprint density at radius 3 is 2.81 bits per heavy atom. The van der Waals surface area contributed by atoms with Crippen LogP contribution in [0.25, 0.3) is 0 Å². The lowest BCUT2D eigenvalue weighted by Crippen LogP contribution is -2.42. The van der Waals surface area contributed by atoms with Crippen LogP contribution in [-0.4, -0.2) is 19.1 Å². The molecule has 0 aromatic heterocycles. The third-order valence-corrected chi connectivity index (χ3v) is 4.86. The summed E-state index contributed by atoms with van der Waals surface area (Å²) in [6.07, 6.45) is 3.49. The summed E-state index contributed by atoms with van der Waals surface area (Å²) in [6.45, 7) is 10.6. The zero-order valence-electron chi connectivity index (χ0n) is 13.8. The Morgan fingerprint density at radius 2 is 2.14 bits per heavy atom. The average molecular weight is 292 g/mol. The molecule has 0 spiro atoms. The maximum atomic E-state index is 14.5. The number of hydrogen-bond acceptors (Lipinski definition) is 2. The molecule has 1 heterocycles. The van der Waals surface area contributed by atoms with Crippen LogP contribution in [0.15, 0.2) is 18.2 Å². The molecule has 0 aliphatic carbocycles. The Balaban J connectivity index is 2.15. The summed E-state index contributed by atoms with van der Waals surface area (Å²) in [5.74, 6) is 0.543. The van der Waals surface area contributed by atoms with Crippen molar-refractivity contribution < 1.29 is 4.39 Å². The highest BCUT2D eigenvalue weighted by Gasteiger charge is 2.26. The molecular weight excluding hydrogens is 263 g/mol. The van der Waals surface area contributed by atoms with Crippen LogP contribution in [-0.2, 0) is 0 Å². The maximum Gasteiger partial charge on any atom is 0.146 e. The first-order valence-electron chi connectivity index (χ1n) is 8.34. The number of nitrogens with zero attached hydrogens (tertiary/aromatic N) is 1. The molecule has 0 saturated carbocycles. The Labute approximate surface area is 128 Å². The zero-order chi connectivity index (χ0) is 15.4. The summed E-state index contributed by atoms with van der Waals surface area (Å²) in [4.78, 5) is 2.23. The standard InChI is InChI=1S/C18H29FN2/c1-5-10-20-14(3)16-8-9-18(17(19)12-16)21-11-6-7-13(2)15(21)4/h8-9,12-15,20H,5-7,10-11H2,1-4H3. The molecule has 1 aliphatic rings. The Bertz CT molecular complexity index is 461. The van der Waals surface area contributed by atoms with Gasteiger partial charge in [-0.25, -0.2) is 4.39 Å². The van der Waals surface area contributed by atoms with Gasteiger partial charge >= 0.3 is 0 Å². The smallest absolute Gasteiger partial charge is 0.146 e. The minimum Gasteiger partial charge on any atom is -0.366 e. The number of hydrogen-bond donors (Lipinski definition) is 1. The molecule has 0 bridgehead atoms. The fourth-order valence-corrected chi connectivity index (χ4v) is 3.18. The highest BCUT2D eigenvalue weighted by Crippen LogP contribution is 2.31. The summed E-state index contributed by atoms with van der Waals surface area (Å²) in [5.41, 5.74) is 1.79. The van der Waals surface area contributed by atoms with Crippen molar-refractivity contribution in [1.29, 1.82) is 0 Å². The van der Waals surface area contributed by atoms with Crippen LogP contribution in [0.1, 0.15) is 58.6 Å². The van der Waals surface area contributed by atoms with E-state index in [9.17, 15) is 4.39 Å². The van der Waals surface area contributed by atoms with E-state index in [1.54, 1.807) is 6.07 Å². The van der Waals surface area contributed by atoms with Crippen molar-refractivity contribution in [2.24, 2.45) is 5.92 Å². The predicted octanol–water partition coefficient (Wildman–Crippen LogP) is 4.51. The summed E-state index contributed by atoms with van der Waals surface area (Å²) >= 11 is 0. The third-order valence-electron chi connectivity index (χ3n) is 4.86. The first kappa shape index (κ1) is 16.3. The second-order valence-corrected chi connectivity index (χ2v) is 6.44. The molecule has 1 aromatic carbocycles. The van der Waals surface area contributed by atoms with E-state index < -0.39 is 0 Å². The minimum absolute atomic E-state index is 0.0846. The molecular formula is C18H29FN2. The molecule has 1 fully saturated rings. The lowest BCUT2D eigenvalue weighted by atomic mass is 9.91. The SMILES string of the molecule is CCCNC(C)c1ccc(N2CCCC(C)C2C)c(F)c1. The van der Waals surface area contributed by atoms with Crippen LogP contribution in [0.5, 0.6) is 0 Å². The Hall–Kier alpha value is -1.09. The van der Waals surface area contributed by atoms with Crippen molar-refractivity contribution in [2.75, 3.05) is 18.0 Å². The molecule has 118 valence electrons. The van der Waals surface area contributed by atoms with E-state index in [-0.39, 0.29) is 11.9 Å². The molecule has 1 N–H and O–H groups in total. The number of anilines is 1. The number of benzene rings is 1. The van der Waals surface area contributed by atoms with Crippen LogP contribution in [0.2, 0.25) is 0 Å². The molecule has 3 unspecified atom stereocenters. The van der Waals surface area contributed by atoms with E-state index in [1.807, 2.05) is 6.07 Å². The van der Waals surface area contributed by atoms with Crippen molar-refractivity contribution >= 4 is 5.69 Å². The van der Waals surface area contributed by atoms with Crippen LogP contribution in [0.3, 0.4) is 0 Å². The van der Waals surface area contributed by atoms with Crippen molar-refractivity contribution in [1.82, 2.24) is 5.32 Å². The van der Waals surface area contributed by atoms with Gasteiger partial charge in [-0.3, -0.25) is 0 Å². The highest BCUT2D eigenvalue weighted by molar-refractivity contribution is 5.51. The van der Waals surface area contributed by atoms with Gasteiger partial charge in [0.1, 0.15) is 5.82 Å². The summed E-state index contributed by atoms with van der Waals surface area (Å²) in [5, 5.41) is 3.41. The van der Waals surface area contributed by atoms with Crippen molar-refractivity contribution in [3.8, 4) is 0 Å². The van der Waals surface area contributed by atoms with Gasteiger partial charge in [-0.05, 0) is 63.3 Å². The lowest BCUT2D eigenvalue weighted by Gasteiger charge is -2.39. The van der Waals surface area contributed by atoms with E-state index in [2.05, 4.69) is 44.0 Å². The van der Waals surface area contributed by atoms with Crippen molar-refractivity contribution in [3.63, 3.8) is 0 Å². The normalized spacial score (nSPS) is 24.1. The average Bonchev–Trinajstić information content (AvgIpc) is 2.48. The fraction of sp³-hybridized carbons (Fsp3) is 0.667. The lowest BCUT2D eigenvalue weighted by molar-refractivity contribution is 0.360. The molecule has 2 rings (SSSR count). The van der Waals surface area contributed by atoms with E-state index in [1.165, 1.54) is 6.42 Å². The quantitative estimate of drug-likeness (QED) is 0.859. The summed E-state index contributed by atoms with van der Waals surface area (Å²) in [7, 11) is 0. The molecule has 21 heavy (non-hydrogen) atoms. The van der Waals surface area contributed by atoms with E-state index >= 15 is 0 Å². The fourth-order valence-electron chi connectivity index (χ4n) is 3.18. The van der Waals surface area contributed by atoms with E-state index in [0.29, 0.717) is 12.0 Å². The van der Waals surface area contributed by atoms with Gasteiger partial charge in [-0.15, -0.1) is 0 Å². The van der Waals surface area contributed by atoms with Crippen molar-refractivity contribution in [3.05, 3.63) is 29.6 Å². The van der Waals surface area contributed by atoms with Gasteiger partial charge in [-0.1, -0.05) is 19.9 Å². The molecule has 1 aliphatic heterocycles. The molecule has 2 nitrogen and oxygen atoms in total. The van der Waals surface area contributed by atoms with Gasteiger partial charge in [0.15, 0.2) is 0 Å². The van der Waals surface area contributed by atoms with E-state index in [4.69, 9.17) is 0 Å². The Kier molecular flexibility index (Phi) is 5.63. The third kappa shape index (κ3) is 3.76. The topological polar surface area (TPSA) is 15.3 Å². The van der Waals surface area contributed by atoms with Crippen LogP contribution in [0.4, 0.5) is 10.1 Å². The molecule has 0 radical (unpaired) electrons. The number of piperidine rings is 1. The van der Waals surface area contributed by atoms with Crippen molar-refractivity contribution in [2.45, 2.75) is 59.0 Å². The summed E-state index contributed by atoms with van der Waals surface area (Å²) in [6, 6.07) is 6.34. The first-order valence-corrected chi connectivity index (χ1v) is 8.34. The second-order valence-electron chi connectivity index (χ2n) is 6.44. The zero-order valence-corrected chi connectivity index (χ0v) is 13.8. The van der Waals surface area contributed by atoms with Gasteiger partial charge in [0.05, 0.1) is 5.69 Å². The molecule has 1 saturated heterocycles. The molecule has 3 atom stereocenters. The number of halogens is 1. The van der Waals surface area contributed by atoms with Gasteiger partial charge in [0.25, 0.3) is 0 Å². The van der Waals surface area contributed by atoms with Gasteiger partial charge in [-0.2, -0.15) is 0 Å². The van der Waals surface area contributed by atoms with Crippen LogP contribution >= 0.6 is 0 Å². The van der Waals surface area contributed by atoms with Crippen LogP contribution in [0, 0.1) is 11.7 Å². The van der Waals surface area contributed by atoms with E-state index in [0.717, 1.165) is 37.2 Å². The second kappa shape index (κ2) is 7.26. The maximum absolute atomic E-state index is 14.5. The highest BCUT2D eigenvalue weighted by atomic mass is 19.1. The molecule has 0 amide bonds. The minimum atomic E-state index is -0.0846. The first-order chi connectivity index (χ1) is 10.0. The van der Waals surface area contributed by atoms with Gasteiger partial charge in [0, 0.05) is 18.6 Å². The van der Waals surface area contributed by atoms with Crippen LogP contribution < -0.4 is 10.2 Å². The monoisotopic (exact) mass is 292 g/mol. The number of rotatable bonds is 5.